The fraction of sp³-hybridized carbons (Fsp3) is 0. The van der Waals surface area contributed by atoms with E-state index >= 15 is 0 Å². The molecule has 1 nitrogen and oxygen atoms in total. The fourth-order valence-corrected chi connectivity index (χ4v) is 0.576. The first-order valence-corrected chi connectivity index (χ1v) is 6.12. The molecule has 1 aromatic carbocycles. The van der Waals surface area contributed by atoms with E-state index in [0.29, 0.717) is 10.7 Å². The zero-order chi connectivity index (χ0) is 7.98. The SMILES string of the molecule is [Co+][I].[NH-]c1ccc(Cl)cc1. The van der Waals surface area contributed by atoms with Gasteiger partial charge in [0.15, 0.2) is 0 Å². The second kappa shape index (κ2) is 6.27. The molecule has 0 spiro atoms. The molecular weight excluding hydrogens is 307 g/mol. The monoisotopic (exact) mass is 312 g/mol. The minimum Gasteiger partial charge on any atom is -0.699 e. The smallest absolute Gasteiger partial charge is 0.0405 e. The normalized spacial score (nSPS) is 7.90. The molecule has 1 rings (SSSR count). The summed E-state index contributed by atoms with van der Waals surface area (Å²) >= 11 is 10.9. The van der Waals surface area contributed by atoms with E-state index in [1.165, 1.54) is 0 Å². The van der Waals surface area contributed by atoms with Crippen molar-refractivity contribution in [3.05, 3.63) is 35.0 Å². The van der Waals surface area contributed by atoms with Crippen LogP contribution < -0.4 is 0 Å². The zero-order valence-electron chi connectivity index (χ0n) is 4.90. The summed E-state index contributed by atoms with van der Waals surface area (Å²) in [5.41, 5.74) is 7.53. The summed E-state index contributed by atoms with van der Waals surface area (Å²) in [5, 5.41) is 0.681. The van der Waals surface area contributed by atoms with E-state index in [0.717, 1.165) is 0 Å². The van der Waals surface area contributed by atoms with Crippen molar-refractivity contribution in [2.45, 2.75) is 0 Å². The van der Waals surface area contributed by atoms with Crippen LogP contribution in [0.5, 0.6) is 0 Å². The zero-order valence-corrected chi connectivity index (χ0v) is 8.85. The molecule has 0 aliphatic carbocycles. The predicted molar refractivity (Wildman–Crippen MR) is 49.5 cm³/mol. The number of benzene rings is 1. The van der Waals surface area contributed by atoms with Crippen molar-refractivity contribution in [2.24, 2.45) is 0 Å². The first-order valence-electron chi connectivity index (χ1n) is 2.39. The molecule has 0 saturated heterocycles. The van der Waals surface area contributed by atoms with Crippen LogP contribution in [0.25, 0.3) is 5.73 Å². The largest absolute Gasteiger partial charge is 0.699 e. The Kier molecular flexibility index (Phi) is 6.61. The van der Waals surface area contributed by atoms with E-state index < -0.39 is 0 Å². The van der Waals surface area contributed by atoms with E-state index in [1.54, 1.807) is 24.3 Å². The molecule has 0 aliphatic heterocycles. The van der Waals surface area contributed by atoms with Crippen molar-refractivity contribution in [1.82, 2.24) is 0 Å². The Bertz CT molecular complexity index is 157. The minimum atomic E-state index is 0.495. The van der Waals surface area contributed by atoms with Gasteiger partial charge < -0.3 is 5.73 Å². The standard InChI is InChI=1S/C6H5ClN.Co.HI/c7-5-1-3-6(8)4-2-5;;/h1-4,8H;;1H/q-1;+2;/p-1. The molecule has 0 atom stereocenters. The summed E-state index contributed by atoms with van der Waals surface area (Å²) < 4.78 is 0. The maximum atomic E-state index is 7.03. The molecule has 57 valence electrons. The van der Waals surface area contributed by atoms with E-state index in [1.807, 2.05) is 20.4 Å². The van der Waals surface area contributed by atoms with Crippen LogP contribution in [0.2, 0.25) is 5.02 Å². The van der Waals surface area contributed by atoms with E-state index in [9.17, 15) is 0 Å². The van der Waals surface area contributed by atoms with E-state index in [-0.39, 0.29) is 0 Å². The molecule has 0 saturated carbocycles. The number of halogens is 2. The molecule has 10 heavy (non-hydrogen) atoms. The molecule has 0 fully saturated rings. The topological polar surface area (TPSA) is 23.8 Å². The first kappa shape index (κ1) is 10.5. The van der Waals surface area contributed by atoms with Gasteiger partial charge in [-0.25, -0.2) is 0 Å². The summed E-state index contributed by atoms with van der Waals surface area (Å²) in [7, 11) is 0. The third-order valence-electron chi connectivity index (χ3n) is 0.844. The fourth-order valence-electron chi connectivity index (χ4n) is 0.450. The predicted octanol–water partition coefficient (Wildman–Crippen LogP) is 3.91. The Balaban J connectivity index is 0.000000371. The number of nitrogens with one attached hydrogen (secondary N) is 1. The second-order valence-electron chi connectivity index (χ2n) is 1.51. The Morgan fingerprint density at radius 3 is 1.90 bits per heavy atom. The van der Waals surface area contributed by atoms with Crippen LogP contribution >= 0.6 is 32.0 Å². The van der Waals surface area contributed by atoms with Gasteiger partial charge in [0.1, 0.15) is 0 Å². The molecule has 0 amide bonds. The van der Waals surface area contributed by atoms with Gasteiger partial charge in [0.25, 0.3) is 0 Å². The van der Waals surface area contributed by atoms with Gasteiger partial charge in [0.2, 0.25) is 0 Å². The van der Waals surface area contributed by atoms with Crippen molar-refractivity contribution < 1.29 is 12.5 Å². The Morgan fingerprint density at radius 1 is 1.20 bits per heavy atom. The van der Waals surface area contributed by atoms with Crippen molar-refractivity contribution in [3.8, 4) is 0 Å². The first-order chi connectivity index (χ1) is 4.79. The maximum Gasteiger partial charge on any atom is 0.0405 e. The molecule has 1 aromatic rings. The Morgan fingerprint density at radius 2 is 1.60 bits per heavy atom. The third kappa shape index (κ3) is 4.38. The molecule has 0 aromatic heterocycles. The van der Waals surface area contributed by atoms with Crippen molar-refractivity contribution in [3.63, 3.8) is 0 Å². The Labute approximate surface area is 84.7 Å². The maximum absolute atomic E-state index is 7.03. The minimum absolute atomic E-state index is 0.495. The van der Waals surface area contributed by atoms with Crippen LogP contribution in [0.3, 0.4) is 0 Å². The van der Waals surface area contributed by atoms with Crippen LogP contribution in [0.1, 0.15) is 0 Å². The number of rotatable bonds is 0. The van der Waals surface area contributed by atoms with Gasteiger partial charge >= 0.3 is 32.9 Å². The van der Waals surface area contributed by atoms with Gasteiger partial charge in [-0.1, -0.05) is 23.7 Å². The summed E-state index contributed by atoms with van der Waals surface area (Å²) in [4.78, 5) is 0. The Hall–Kier alpha value is 0.546. The van der Waals surface area contributed by atoms with Crippen LogP contribution in [-0.2, 0) is 12.5 Å². The molecule has 0 bridgehead atoms. The average Bonchev–Trinajstić information content (AvgIpc) is 2.00. The molecule has 0 radical (unpaired) electrons. The number of hydrogen-bond acceptors (Lipinski definition) is 0. The van der Waals surface area contributed by atoms with Crippen LogP contribution in [0.4, 0.5) is 5.69 Å². The molecule has 4 heteroatoms. The molecule has 0 unspecified atom stereocenters. The van der Waals surface area contributed by atoms with Crippen molar-refractivity contribution in [2.75, 3.05) is 0 Å². The van der Waals surface area contributed by atoms with Crippen molar-refractivity contribution >= 4 is 37.7 Å². The average molecular weight is 312 g/mol. The van der Waals surface area contributed by atoms with Crippen LogP contribution in [0.15, 0.2) is 24.3 Å². The molecule has 0 aliphatic rings. The van der Waals surface area contributed by atoms with Gasteiger partial charge in [-0.3, -0.25) is 0 Å². The number of hydrogen-bond donors (Lipinski definition) is 0. The summed E-state index contributed by atoms with van der Waals surface area (Å²) in [6.07, 6.45) is 0. The van der Waals surface area contributed by atoms with Gasteiger partial charge in [-0.15, -0.1) is 5.69 Å². The molecule has 1 N–H and O–H groups in total. The summed E-state index contributed by atoms with van der Waals surface area (Å²) in [6.45, 7) is 0. The van der Waals surface area contributed by atoms with Gasteiger partial charge in [-0.2, -0.15) is 0 Å². The van der Waals surface area contributed by atoms with E-state index in [4.69, 9.17) is 17.3 Å². The third-order valence-corrected chi connectivity index (χ3v) is 1.10. The van der Waals surface area contributed by atoms with E-state index in [2.05, 4.69) is 12.5 Å². The van der Waals surface area contributed by atoms with Crippen LogP contribution in [-0.4, -0.2) is 0 Å². The van der Waals surface area contributed by atoms with Gasteiger partial charge in [0, 0.05) is 5.02 Å². The van der Waals surface area contributed by atoms with Gasteiger partial charge in [0.05, 0.1) is 0 Å². The molecule has 0 heterocycles. The van der Waals surface area contributed by atoms with Crippen molar-refractivity contribution in [1.29, 1.82) is 0 Å². The summed E-state index contributed by atoms with van der Waals surface area (Å²) in [6, 6.07) is 6.71. The summed E-state index contributed by atoms with van der Waals surface area (Å²) in [5.74, 6) is 0. The molecular formula is C6H5ClCoIN. The second-order valence-corrected chi connectivity index (χ2v) is 1.94. The van der Waals surface area contributed by atoms with Gasteiger partial charge in [-0.05, 0) is 12.1 Å². The quantitative estimate of drug-likeness (QED) is 0.649. The van der Waals surface area contributed by atoms with Crippen LogP contribution in [0, 0.1) is 0 Å².